The van der Waals surface area contributed by atoms with Gasteiger partial charge in [0.25, 0.3) is 20.2 Å². The lowest BCUT2D eigenvalue weighted by molar-refractivity contribution is -0.0861. The molecule has 2 rings (SSSR count). The van der Waals surface area contributed by atoms with Gasteiger partial charge in [-0.15, -0.1) is 0 Å². The zero-order valence-corrected chi connectivity index (χ0v) is 19.7. The van der Waals surface area contributed by atoms with Gasteiger partial charge in [0.1, 0.15) is 12.2 Å². The van der Waals surface area contributed by atoms with Gasteiger partial charge in [0.2, 0.25) is 0 Å². The minimum Gasteiger partial charge on any atom is -0.368 e. The van der Waals surface area contributed by atoms with E-state index in [0.717, 1.165) is 23.6 Å². The Balaban J connectivity index is 2.23. The van der Waals surface area contributed by atoms with Crippen molar-refractivity contribution < 1.29 is 34.7 Å². The monoisotopic (exact) mass is 484 g/mol. The number of ether oxygens (including phenoxy) is 2. The first-order valence-corrected chi connectivity index (χ1v) is 13.3. The third-order valence-electron chi connectivity index (χ3n) is 4.22. The minimum atomic E-state index is -3.76. The van der Waals surface area contributed by atoms with Crippen LogP contribution in [-0.4, -0.2) is 54.8 Å². The zero-order chi connectivity index (χ0) is 23.6. The molecule has 0 aliphatic rings. The smallest absolute Gasteiger partial charge is 0.264 e. The Hall–Kier alpha value is -2.08. The van der Waals surface area contributed by atoms with Gasteiger partial charge in [-0.3, -0.25) is 8.37 Å². The fraction of sp³-hybridized carbons (Fsp3) is 0.364. The van der Waals surface area contributed by atoms with Gasteiger partial charge >= 0.3 is 0 Å². The van der Waals surface area contributed by atoms with Gasteiger partial charge < -0.3 is 9.47 Å². The fourth-order valence-electron chi connectivity index (χ4n) is 2.70. The Morgan fingerprint density at radius 2 is 1.25 bits per heavy atom. The lowest BCUT2D eigenvalue weighted by atomic mass is 10.1. The van der Waals surface area contributed by atoms with Crippen LogP contribution in [0.1, 0.15) is 11.1 Å². The molecule has 2 atom stereocenters. The second kappa shape index (κ2) is 12.2. The van der Waals surface area contributed by atoms with Gasteiger partial charge in [0.05, 0.1) is 38.9 Å². The second-order valence-electron chi connectivity index (χ2n) is 7.17. The van der Waals surface area contributed by atoms with Crippen molar-refractivity contribution in [2.24, 2.45) is 0 Å². The highest BCUT2D eigenvalue weighted by atomic mass is 32.2. The van der Waals surface area contributed by atoms with Crippen molar-refractivity contribution in [3.8, 4) is 0 Å². The quantitative estimate of drug-likeness (QED) is 0.298. The third kappa shape index (κ3) is 10.5. The number of benzene rings is 2. The average molecular weight is 485 g/mol. The van der Waals surface area contributed by atoms with Crippen molar-refractivity contribution in [2.75, 3.05) is 25.7 Å². The third-order valence-corrected chi connectivity index (χ3v) is 5.33. The summed E-state index contributed by atoms with van der Waals surface area (Å²) in [6, 6.07) is 18.6. The van der Waals surface area contributed by atoms with E-state index in [0.29, 0.717) is 0 Å². The summed E-state index contributed by atoms with van der Waals surface area (Å²) in [7, 11) is -7.48. The van der Waals surface area contributed by atoms with Crippen LogP contribution in [0.5, 0.6) is 0 Å². The van der Waals surface area contributed by atoms with E-state index in [9.17, 15) is 16.8 Å². The Bertz CT molecular complexity index is 1050. The van der Waals surface area contributed by atoms with E-state index in [-0.39, 0.29) is 32.0 Å². The van der Waals surface area contributed by atoms with Crippen LogP contribution in [-0.2, 0) is 51.3 Å². The fourth-order valence-corrected chi connectivity index (χ4v) is 3.45. The maximum absolute atomic E-state index is 11.6. The zero-order valence-electron chi connectivity index (χ0n) is 18.0. The van der Waals surface area contributed by atoms with E-state index in [4.69, 9.17) is 17.8 Å². The summed E-state index contributed by atoms with van der Waals surface area (Å²) in [6.45, 7) is 3.52. The molecule has 2 aromatic carbocycles. The Kier molecular flexibility index (Phi) is 10.0. The SMILES string of the molecule is C=C(COS(C)(=O)=O)[C@@H](OCc1ccccc1)[C@@H](COS(C)(=O)=O)OCc1ccccc1. The van der Waals surface area contributed by atoms with Crippen molar-refractivity contribution in [2.45, 2.75) is 25.4 Å². The molecule has 0 saturated carbocycles. The molecule has 10 heteroatoms. The van der Waals surface area contributed by atoms with E-state index in [1.54, 1.807) is 0 Å². The lowest BCUT2D eigenvalue weighted by Gasteiger charge is -2.29. The molecular weight excluding hydrogens is 456 g/mol. The molecule has 0 saturated heterocycles. The first-order valence-electron chi connectivity index (χ1n) is 9.71. The number of rotatable bonds is 14. The molecule has 0 fully saturated rings. The van der Waals surface area contributed by atoms with E-state index in [1.807, 2.05) is 60.7 Å². The maximum Gasteiger partial charge on any atom is 0.264 e. The van der Waals surface area contributed by atoms with Gasteiger partial charge in [0.15, 0.2) is 0 Å². The number of hydrogen-bond acceptors (Lipinski definition) is 8. The molecule has 0 spiro atoms. The highest BCUT2D eigenvalue weighted by molar-refractivity contribution is 7.86. The van der Waals surface area contributed by atoms with Crippen LogP contribution < -0.4 is 0 Å². The van der Waals surface area contributed by atoms with Crippen molar-refractivity contribution >= 4 is 20.2 Å². The summed E-state index contributed by atoms with van der Waals surface area (Å²) in [5.74, 6) is 0. The standard InChI is InChI=1S/C22H28O8S2/c1-18(14-29-31(2,23)24)22(28-16-20-12-8-5-9-13-20)21(17-30-32(3,25)26)27-15-19-10-6-4-7-11-19/h4-13,21-22H,1,14-17H2,2-3H3/t21-,22-/m1/s1. The van der Waals surface area contributed by atoms with Gasteiger partial charge in [-0.1, -0.05) is 67.2 Å². The van der Waals surface area contributed by atoms with Crippen molar-refractivity contribution in [1.82, 2.24) is 0 Å². The highest BCUT2D eigenvalue weighted by Crippen LogP contribution is 2.19. The molecule has 0 radical (unpaired) electrons. The molecule has 176 valence electrons. The Morgan fingerprint density at radius 3 is 1.72 bits per heavy atom. The average Bonchev–Trinajstić information content (AvgIpc) is 2.74. The predicted molar refractivity (Wildman–Crippen MR) is 121 cm³/mol. The molecule has 0 amide bonds. The van der Waals surface area contributed by atoms with Gasteiger partial charge in [-0.05, 0) is 16.7 Å². The molecule has 0 aromatic heterocycles. The van der Waals surface area contributed by atoms with Gasteiger partial charge in [-0.25, -0.2) is 0 Å². The van der Waals surface area contributed by atoms with Crippen LogP contribution in [0.15, 0.2) is 72.8 Å². The molecule has 0 aliphatic heterocycles. The van der Waals surface area contributed by atoms with E-state index in [1.165, 1.54) is 0 Å². The molecule has 8 nitrogen and oxygen atoms in total. The molecule has 32 heavy (non-hydrogen) atoms. The molecule has 0 aliphatic carbocycles. The molecule has 2 aromatic rings. The summed E-state index contributed by atoms with van der Waals surface area (Å²) in [6.07, 6.45) is 0.0607. The highest BCUT2D eigenvalue weighted by Gasteiger charge is 2.28. The molecule has 0 unspecified atom stereocenters. The van der Waals surface area contributed by atoms with Crippen LogP contribution >= 0.6 is 0 Å². The first kappa shape index (κ1) is 26.2. The maximum atomic E-state index is 11.6. The van der Waals surface area contributed by atoms with E-state index < -0.39 is 32.4 Å². The van der Waals surface area contributed by atoms with Crippen LogP contribution in [0.2, 0.25) is 0 Å². The van der Waals surface area contributed by atoms with Crippen molar-refractivity contribution in [1.29, 1.82) is 0 Å². The van der Waals surface area contributed by atoms with Crippen molar-refractivity contribution in [3.05, 3.63) is 83.9 Å². The lowest BCUT2D eigenvalue weighted by Crippen LogP contribution is -2.38. The Labute approximate surface area is 190 Å². The number of hydrogen-bond donors (Lipinski definition) is 0. The topological polar surface area (TPSA) is 105 Å². The van der Waals surface area contributed by atoms with Crippen LogP contribution in [0, 0.1) is 0 Å². The predicted octanol–water partition coefficient (Wildman–Crippen LogP) is 2.67. The summed E-state index contributed by atoms with van der Waals surface area (Å²) in [5.41, 5.74) is 1.98. The molecular formula is C22H28O8S2. The molecule has 0 heterocycles. The summed E-state index contributed by atoms with van der Waals surface area (Å²) in [4.78, 5) is 0. The van der Waals surface area contributed by atoms with E-state index in [2.05, 4.69) is 6.58 Å². The largest absolute Gasteiger partial charge is 0.368 e. The minimum absolute atomic E-state index is 0.157. The summed E-state index contributed by atoms with van der Waals surface area (Å²) < 4.78 is 67.8. The normalized spacial score (nSPS) is 14.1. The summed E-state index contributed by atoms with van der Waals surface area (Å²) in [5, 5.41) is 0. The van der Waals surface area contributed by atoms with Crippen LogP contribution in [0.25, 0.3) is 0 Å². The van der Waals surface area contributed by atoms with Gasteiger partial charge in [-0.2, -0.15) is 16.8 Å². The Morgan fingerprint density at radius 1 is 0.781 bits per heavy atom. The van der Waals surface area contributed by atoms with E-state index >= 15 is 0 Å². The van der Waals surface area contributed by atoms with Crippen LogP contribution in [0.4, 0.5) is 0 Å². The van der Waals surface area contributed by atoms with Crippen molar-refractivity contribution in [3.63, 3.8) is 0 Å². The summed E-state index contributed by atoms with van der Waals surface area (Å²) >= 11 is 0. The molecule has 0 bridgehead atoms. The van der Waals surface area contributed by atoms with Crippen LogP contribution in [0.3, 0.4) is 0 Å². The first-order chi connectivity index (χ1) is 15.0. The second-order valence-corrected chi connectivity index (χ2v) is 10.5. The van der Waals surface area contributed by atoms with Gasteiger partial charge in [0, 0.05) is 0 Å². The molecule has 0 N–H and O–H groups in total.